The molecule has 1 aromatic rings. The Morgan fingerprint density at radius 2 is 1.95 bits per heavy atom. The van der Waals surface area contributed by atoms with Crippen LogP contribution in [0.4, 0.5) is 0 Å². The SMILES string of the molecule is CC(C)N1CCC(NC2COCc3ccccc32)CC1. The van der Waals surface area contributed by atoms with E-state index in [4.69, 9.17) is 4.74 Å². The van der Waals surface area contributed by atoms with Crippen LogP contribution >= 0.6 is 0 Å². The smallest absolute Gasteiger partial charge is 0.0721 e. The minimum absolute atomic E-state index is 0.371. The molecule has 0 spiro atoms. The summed E-state index contributed by atoms with van der Waals surface area (Å²) in [5.74, 6) is 0. The van der Waals surface area contributed by atoms with Gasteiger partial charge in [-0.3, -0.25) is 0 Å². The molecule has 0 aliphatic carbocycles. The van der Waals surface area contributed by atoms with Crippen molar-refractivity contribution in [3.05, 3.63) is 35.4 Å². The first-order chi connectivity index (χ1) is 9.74. The molecule has 1 N–H and O–H groups in total. The summed E-state index contributed by atoms with van der Waals surface area (Å²) in [5, 5.41) is 3.82. The average molecular weight is 274 g/mol. The fraction of sp³-hybridized carbons (Fsp3) is 0.647. The van der Waals surface area contributed by atoms with E-state index in [2.05, 4.69) is 48.3 Å². The highest BCUT2D eigenvalue weighted by Gasteiger charge is 2.26. The van der Waals surface area contributed by atoms with Crippen LogP contribution in [0.5, 0.6) is 0 Å². The summed E-state index contributed by atoms with van der Waals surface area (Å²) in [6.07, 6.45) is 2.49. The summed E-state index contributed by atoms with van der Waals surface area (Å²) >= 11 is 0. The molecule has 20 heavy (non-hydrogen) atoms. The first kappa shape index (κ1) is 14.1. The zero-order valence-corrected chi connectivity index (χ0v) is 12.6. The topological polar surface area (TPSA) is 24.5 Å². The number of benzene rings is 1. The van der Waals surface area contributed by atoms with Crippen molar-refractivity contribution in [1.82, 2.24) is 10.2 Å². The lowest BCUT2D eigenvalue weighted by Crippen LogP contribution is -2.47. The van der Waals surface area contributed by atoms with E-state index >= 15 is 0 Å². The van der Waals surface area contributed by atoms with Crippen LogP contribution in [-0.4, -0.2) is 36.7 Å². The second kappa shape index (κ2) is 6.25. The van der Waals surface area contributed by atoms with Crippen molar-refractivity contribution in [2.45, 2.75) is 51.4 Å². The van der Waals surface area contributed by atoms with Gasteiger partial charge in [-0.2, -0.15) is 0 Å². The van der Waals surface area contributed by atoms with Crippen LogP contribution in [0, 0.1) is 0 Å². The van der Waals surface area contributed by atoms with Gasteiger partial charge in [0.25, 0.3) is 0 Å². The molecule has 3 nitrogen and oxygen atoms in total. The molecular formula is C17H26N2O. The fourth-order valence-corrected chi connectivity index (χ4v) is 3.39. The van der Waals surface area contributed by atoms with Crippen molar-refractivity contribution in [2.24, 2.45) is 0 Å². The molecule has 1 aromatic carbocycles. The van der Waals surface area contributed by atoms with Crippen LogP contribution in [0.15, 0.2) is 24.3 Å². The predicted molar refractivity (Wildman–Crippen MR) is 81.7 cm³/mol. The molecule has 2 heterocycles. The molecule has 3 rings (SSSR count). The number of piperidine rings is 1. The summed E-state index contributed by atoms with van der Waals surface area (Å²) < 4.78 is 5.74. The van der Waals surface area contributed by atoms with Crippen molar-refractivity contribution in [2.75, 3.05) is 19.7 Å². The van der Waals surface area contributed by atoms with Gasteiger partial charge in [0.1, 0.15) is 0 Å². The third kappa shape index (κ3) is 3.05. The summed E-state index contributed by atoms with van der Waals surface area (Å²) in [4.78, 5) is 2.57. The van der Waals surface area contributed by atoms with Gasteiger partial charge in [0.2, 0.25) is 0 Å². The molecule has 0 amide bonds. The Kier molecular flexibility index (Phi) is 4.39. The molecular weight excluding hydrogens is 248 g/mol. The molecule has 1 atom stereocenters. The largest absolute Gasteiger partial charge is 0.375 e. The first-order valence-electron chi connectivity index (χ1n) is 7.89. The Morgan fingerprint density at radius 1 is 1.20 bits per heavy atom. The molecule has 110 valence electrons. The fourth-order valence-electron chi connectivity index (χ4n) is 3.39. The number of fused-ring (bicyclic) bond motifs is 1. The highest BCUT2D eigenvalue weighted by Crippen LogP contribution is 2.26. The number of hydrogen-bond donors (Lipinski definition) is 1. The number of nitrogens with zero attached hydrogens (tertiary/aromatic N) is 1. The van der Waals surface area contributed by atoms with Gasteiger partial charge in [0.05, 0.1) is 19.3 Å². The van der Waals surface area contributed by atoms with E-state index in [0.717, 1.165) is 13.2 Å². The summed E-state index contributed by atoms with van der Waals surface area (Å²) in [6.45, 7) is 8.58. The average Bonchev–Trinajstić information content (AvgIpc) is 2.48. The van der Waals surface area contributed by atoms with E-state index in [1.165, 1.54) is 37.1 Å². The monoisotopic (exact) mass is 274 g/mol. The van der Waals surface area contributed by atoms with Gasteiger partial charge in [-0.05, 0) is 50.9 Å². The van der Waals surface area contributed by atoms with Crippen LogP contribution in [0.25, 0.3) is 0 Å². The van der Waals surface area contributed by atoms with Crippen molar-refractivity contribution >= 4 is 0 Å². The Labute approximate surface area is 122 Å². The molecule has 0 aromatic heterocycles. The number of hydrogen-bond acceptors (Lipinski definition) is 3. The van der Waals surface area contributed by atoms with E-state index in [1.807, 2.05) is 0 Å². The van der Waals surface area contributed by atoms with Crippen molar-refractivity contribution < 1.29 is 4.74 Å². The Morgan fingerprint density at radius 3 is 2.70 bits per heavy atom. The van der Waals surface area contributed by atoms with E-state index in [1.54, 1.807) is 0 Å². The van der Waals surface area contributed by atoms with Crippen LogP contribution in [0.3, 0.4) is 0 Å². The van der Waals surface area contributed by atoms with E-state index in [0.29, 0.717) is 18.1 Å². The maximum atomic E-state index is 5.74. The van der Waals surface area contributed by atoms with Gasteiger partial charge >= 0.3 is 0 Å². The van der Waals surface area contributed by atoms with Crippen LogP contribution in [0.1, 0.15) is 43.9 Å². The van der Waals surface area contributed by atoms with Crippen LogP contribution < -0.4 is 5.32 Å². The summed E-state index contributed by atoms with van der Waals surface area (Å²) in [5.41, 5.74) is 2.78. The van der Waals surface area contributed by atoms with Crippen LogP contribution in [0.2, 0.25) is 0 Å². The van der Waals surface area contributed by atoms with Gasteiger partial charge < -0.3 is 15.0 Å². The minimum Gasteiger partial charge on any atom is -0.375 e. The Hall–Kier alpha value is -0.900. The normalized spacial score (nSPS) is 24.9. The third-order valence-corrected chi connectivity index (χ3v) is 4.67. The molecule has 0 radical (unpaired) electrons. The lowest BCUT2D eigenvalue weighted by molar-refractivity contribution is 0.0715. The van der Waals surface area contributed by atoms with Crippen LogP contribution in [-0.2, 0) is 11.3 Å². The Bertz CT molecular complexity index is 438. The lowest BCUT2D eigenvalue weighted by Gasteiger charge is -2.37. The second-order valence-electron chi connectivity index (χ2n) is 6.34. The predicted octanol–water partition coefficient (Wildman–Crippen LogP) is 2.72. The van der Waals surface area contributed by atoms with Gasteiger partial charge in [0.15, 0.2) is 0 Å². The molecule has 1 unspecified atom stereocenters. The highest BCUT2D eigenvalue weighted by molar-refractivity contribution is 5.31. The summed E-state index contributed by atoms with van der Waals surface area (Å²) in [7, 11) is 0. The van der Waals surface area contributed by atoms with E-state index in [9.17, 15) is 0 Å². The molecule has 3 heteroatoms. The third-order valence-electron chi connectivity index (χ3n) is 4.67. The van der Waals surface area contributed by atoms with Crippen molar-refractivity contribution in [1.29, 1.82) is 0 Å². The first-order valence-corrected chi connectivity index (χ1v) is 7.89. The minimum atomic E-state index is 0.371. The zero-order chi connectivity index (χ0) is 13.9. The zero-order valence-electron chi connectivity index (χ0n) is 12.6. The highest BCUT2D eigenvalue weighted by atomic mass is 16.5. The maximum Gasteiger partial charge on any atom is 0.0721 e. The lowest BCUT2D eigenvalue weighted by atomic mass is 9.96. The summed E-state index contributed by atoms with van der Waals surface area (Å²) in [6, 6.07) is 10.4. The standard InChI is InChI=1S/C17H26N2O/c1-13(2)19-9-7-15(8-10-19)18-17-12-20-11-14-5-3-4-6-16(14)17/h3-6,13,15,17-18H,7-12H2,1-2H3. The molecule has 1 saturated heterocycles. The number of likely N-dealkylation sites (tertiary alicyclic amines) is 1. The van der Waals surface area contributed by atoms with Gasteiger partial charge in [0, 0.05) is 12.1 Å². The van der Waals surface area contributed by atoms with Gasteiger partial charge in [-0.15, -0.1) is 0 Å². The number of nitrogens with one attached hydrogen (secondary N) is 1. The molecule has 1 fully saturated rings. The van der Waals surface area contributed by atoms with Crippen molar-refractivity contribution in [3.8, 4) is 0 Å². The maximum absolute atomic E-state index is 5.74. The molecule has 0 saturated carbocycles. The Balaban J connectivity index is 1.60. The van der Waals surface area contributed by atoms with E-state index in [-0.39, 0.29) is 0 Å². The van der Waals surface area contributed by atoms with Crippen molar-refractivity contribution in [3.63, 3.8) is 0 Å². The molecule has 2 aliphatic heterocycles. The quantitative estimate of drug-likeness (QED) is 0.917. The second-order valence-corrected chi connectivity index (χ2v) is 6.34. The van der Waals surface area contributed by atoms with Gasteiger partial charge in [-0.25, -0.2) is 0 Å². The van der Waals surface area contributed by atoms with Gasteiger partial charge in [-0.1, -0.05) is 24.3 Å². The van der Waals surface area contributed by atoms with E-state index < -0.39 is 0 Å². The number of rotatable bonds is 3. The molecule has 2 aliphatic rings. The number of ether oxygens (including phenoxy) is 1. The molecule has 0 bridgehead atoms.